The number of ether oxygens (including phenoxy) is 1. The fourth-order valence-corrected chi connectivity index (χ4v) is 4.17. The molecule has 0 bridgehead atoms. The molecule has 1 amide bonds. The lowest BCUT2D eigenvalue weighted by Gasteiger charge is -2.18. The Morgan fingerprint density at radius 1 is 1.21 bits per heavy atom. The van der Waals surface area contributed by atoms with E-state index in [1.165, 1.54) is 43.0 Å². The number of carbonyl (C=O) groups is 1. The highest BCUT2D eigenvalue weighted by atomic mass is 35.5. The van der Waals surface area contributed by atoms with Crippen molar-refractivity contribution in [2.24, 2.45) is 0 Å². The van der Waals surface area contributed by atoms with Crippen molar-refractivity contribution in [3.05, 3.63) is 70.1 Å². The van der Waals surface area contributed by atoms with Gasteiger partial charge < -0.3 is 15.8 Å². The van der Waals surface area contributed by atoms with Gasteiger partial charge in [0, 0.05) is 29.9 Å². The summed E-state index contributed by atoms with van der Waals surface area (Å²) >= 11 is 12.4. The number of carbonyl (C=O) groups excluding carboxylic acids is 1. The van der Waals surface area contributed by atoms with E-state index in [1.807, 2.05) is 0 Å². The van der Waals surface area contributed by atoms with Crippen LogP contribution in [0, 0.1) is 4.78 Å². The standard InChI is InChI=1S/C21H20Cl2N6O3S/c1-11(19-15(22)9-27-10-16(19)23)32-13-4-5-17(24)14(7-13)20(25)21(30)29-12-3-6-18(28-8-12)33(2,26)31/h3-11,25-26H,24H2,1-2H3,(H,29,30)/p+1. The normalized spacial score (nSPS) is 13.6. The fourth-order valence-electron chi connectivity index (χ4n) is 2.92. The molecule has 1 aromatic carbocycles. The number of nitrogens with zero attached hydrogens (tertiary/aromatic N) is 2. The van der Waals surface area contributed by atoms with Crippen molar-refractivity contribution in [1.82, 2.24) is 9.97 Å². The van der Waals surface area contributed by atoms with Crippen molar-refractivity contribution >= 4 is 55.9 Å². The molecule has 0 aliphatic carbocycles. The number of aromatic nitrogens is 2. The average molecular weight is 508 g/mol. The minimum atomic E-state index is -2.96. The van der Waals surface area contributed by atoms with Crippen LogP contribution < -0.4 is 21.2 Å². The maximum absolute atomic E-state index is 12.7. The van der Waals surface area contributed by atoms with Gasteiger partial charge in [-0.2, -0.15) is 0 Å². The Kier molecular flexibility index (Phi) is 7.21. The van der Waals surface area contributed by atoms with Crippen LogP contribution in [0.15, 0.2) is 53.9 Å². The lowest BCUT2D eigenvalue weighted by molar-refractivity contribution is -0.132. The van der Waals surface area contributed by atoms with E-state index in [4.69, 9.17) is 43.9 Å². The molecular formula is C21H21Cl2N6O3S+. The molecule has 0 saturated carbocycles. The summed E-state index contributed by atoms with van der Waals surface area (Å²) in [7, 11) is -2.96. The van der Waals surface area contributed by atoms with Crippen molar-refractivity contribution in [2.75, 3.05) is 17.3 Å². The van der Waals surface area contributed by atoms with Crippen LogP contribution in [0.25, 0.3) is 0 Å². The zero-order valence-corrected chi connectivity index (χ0v) is 20.0. The Hall–Kier alpha value is -3.21. The van der Waals surface area contributed by atoms with E-state index in [2.05, 4.69) is 15.3 Å². The second kappa shape index (κ2) is 9.74. The van der Waals surface area contributed by atoms with Gasteiger partial charge in [-0.3, -0.25) is 9.78 Å². The molecule has 3 rings (SSSR count). The number of pyridine rings is 2. The third-order valence-electron chi connectivity index (χ3n) is 4.56. The zero-order valence-electron chi connectivity index (χ0n) is 17.6. The summed E-state index contributed by atoms with van der Waals surface area (Å²) in [5.74, 6) is -0.227. The molecule has 6 N–H and O–H groups in total. The largest absolute Gasteiger partial charge is 0.486 e. The number of halogens is 2. The maximum Gasteiger partial charge on any atom is 0.320 e. The summed E-state index contributed by atoms with van der Waals surface area (Å²) in [6.45, 7) is 1.77. The van der Waals surface area contributed by atoms with Crippen molar-refractivity contribution in [2.45, 2.75) is 18.1 Å². The molecule has 0 fully saturated rings. The number of hydrogen-bond donors (Lipinski definition) is 4. The van der Waals surface area contributed by atoms with E-state index >= 15 is 0 Å². The number of benzene rings is 1. The predicted octanol–water partition coefficient (Wildman–Crippen LogP) is 2.73. The minimum absolute atomic E-state index is 0.107. The molecule has 2 heterocycles. The van der Waals surface area contributed by atoms with Gasteiger partial charge in [-0.15, -0.1) is 0 Å². The summed E-state index contributed by atoms with van der Waals surface area (Å²) in [4.78, 5) is 20.5. The van der Waals surface area contributed by atoms with Crippen molar-refractivity contribution in [3.63, 3.8) is 0 Å². The Labute approximate surface area is 200 Å². The average Bonchev–Trinajstić information content (AvgIpc) is 2.74. The number of hydrogen-bond acceptors (Lipinski definition) is 7. The molecule has 3 aromatic rings. The number of nitrogens with two attached hydrogens (primary N) is 2. The first-order valence-corrected chi connectivity index (χ1v) is 12.2. The van der Waals surface area contributed by atoms with E-state index in [9.17, 15) is 9.00 Å². The molecule has 9 nitrogen and oxygen atoms in total. The van der Waals surface area contributed by atoms with Gasteiger partial charge in [0.2, 0.25) is 0 Å². The van der Waals surface area contributed by atoms with Gasteiger partial charge in [0.15, 0.2) is 0 Å². The van der Waals surface area contributed by atoms with Crippen LogP contribution in [0.3, 0.4) is 0 Å². The molecule has 0 aliphatic rings. The minimum Gasteiger partial charge on any atom is -0.486 e. The number of nitrogen functional groups attached to an aromatic ring is 1. The molecular weight excluding hydrogens is 487 g/mol. The first-order chi connectivity index (χ1) is 15.5. The first kappa shape index (κ1) is 24.4. The number of anilines is 2. The van der Waals surface area contributed by atoms with E-state index in [1.54, 1.807) is 19.1 Å². The molecule has 12 heteroatoms. The lowest BCUT2D eigenvalue weighted by Crippen LogP contribution is -2.48. The summed E-state index contributed by atoms with van der Waals surface area (Å²) < 4.78 is 25.2. The van der Waals surface area contributed by atoms with Gasteiger partial charge in [0.05, 0.1) is 37.2 Å². The number of nitrogens with one attached hydrogen (secondary N) is 2. The van der Waals surface area contributed by atoms with Crippen LogP contribution in [-0.4, -0.2) is 32.1 Å². The van der Waals surface area contributed by atoms with Crippen LogP contribution in [0.2, 0.25) is 10.0 Å². The van der Waals surface area contributed by atoms with Gasteiger partial charge in [-0.1, -0.05) is 23.2 Å². The van der Waals surface area contributed by atoms with Gasteiger partial charge in [-0.05, 0) is 37.3 Å². The molecule has 0 radical (unpaired) electrons. The monoisotopic (exact) mass is 507 g/mol. The molecule has 2 aromatic heterocycles. The Balaban J connectivity index is 1.78. The van der Waals surface area contributed by atoms with Gasteiger partial charge in [0.1, 0.15) is 16.9 Å². The third-order valence-corrected chi connectivity index (χ3v) is 6.20. The van der Waals surface area contributed by atoms with Crippen molar-refractivity contribution in [3.8, 4) is 5.75 Å². The highest BCUT2D eigenvalue weighted by molar-refractivity contribution is 7.91. The van der Waals surface area contributed by atoms with E-state index in [0.717, 1.165) is 0 Å². The topological polar surface area (TPSA) is 157 Å². The Morgan fingerprint density at radius 3 is 2.45 bits per heavy atom. The van der Waals surface area contributed by atoms with Crippen molar-refractivity contribution < 1.29 is 19.1 Å². The molecule has 33 heavy (non-hydrogen) atoms. The number of rotatable bonds is 7. The lowest BCUT2D eigenvalue weighted by atomic mass is 10.1. The molecule has 2 atom stereocenters. The summed E-state index contributed by atoms with van der Waals surface area (Å²) in [6, 6.07) is 7.63. The Morgan fingerprint density at radius 2 is 1.88 bits per heavy atom. The highest BCUT2D eigenvalue weighted by Crippen LogP contribution is 2.33. The van der Waals surface area contributed by atoms with E-state index < -0.39 is 21.7 Å². The summed E-state index contributed by atoms with van der Waals surface area (Å²) in [6.07, 6.45) is 4.98. The molecule has 0 saturated heterocycles. The zero-order chi connectivity index (χ0) is 24.3. The quantitative estimate of drug-likeness (QED) is 0.284. The van der Waals surface area contributed by atoms with Crippen molar-refractivity contribution in [1.29, 1.82) is 4.78 Å². The predicted molar refractivity (Wildman–Crippen MR) is 128 cm³/mol. The van der Waals surface area contributed by atoms with Gasteiger partial charge in [0.25, 0.3) is 5.71 Å². The van der Waals surface area contributed by atoms with Crippen LogP contribution in [0.4, 0.5) is 11.4 Å². The first-order valence-electron chi connectivity index (χ1n) is 9.46. The van der Waals surface area contributed by atoms with Crippen LogP contribution in [0.5, 0.6) is 5.75 Å². The second-order valence-electron chi connectivity index (χ2n) is 7.12. The maximum atomic E-state index is 12.7. The van der Waals surface area contributed by atoms with Gasteiger partial charge >= 0.3 is 5.91 Å². The smallest absolute Gasteiger partial charge is 0.320 e. The van der Waals surface area contributed by atoms with Gasteiger partial charge in [-0.25, -0.2) is 19.4 Å². The SMILES string of the molecule is CC(Oc1ccc(N)c(C(=[NH2+])C(=O)Nc2ccc(S(C)(=N)=O)nc2)c1)c1c(Cl)cncc1Cl. The number of amides is 1. The van der Waals surface area contributed by atoms with E-state index in [-0.39, 0.29) is 22.0 Å². The molecule has 2 unspecified atom stereocenters. The van der Waals surface area contributed by atoms with Crippen LogP contribution in [0.1, 0.15) is 24.2 Å². The Bertz CT molecular complexity index is 1310. The summed E-state index contributed by atoms with van der Waals surface area (Å²) in [5, 5.41) is 9.49. The molecule has 0 aliphatic heterocycles. The summed E-state index contributed by atoms with van der Waals surface area (Å²) in [5.41, 5.74) is 7.32. The highest BCUT2D eigenvalue weighted by Gasteiger charge is 2.23. The van der Waals surface area contributed by atoms with Crippen LogP contribution in [-0.2, 0) is 14.5 Å². The van der Waals surface area contributed by atoms with Crippen LogP contribution >= 0.6 is 23.2 Å². The molecule has 0 spiro atoms. The van der Waals surface area contributed by atoms with E-state index in [0.29, 0.717) is 27.0 Å². The second-order valence-corrected chi connectivity index (χ2v) is 10.0. The fraction of sp³-hybridized carbons (Fsp3) is 0.143. The third kappa shape index (κ3) is 5.78. The molecule has 172 valence electrons.